The van der Waals surface area contributed by atoms with E-state index in [9.17, 15) is 0 Å². The fourth-order valence-corrected chi connectivity index (χ4v) is 1.30. The molecule has 0 saturated carbocycles. The number of aryl methyl sites for hydroxylation is 1. The van der Waals surface area contributed by atoms with Gasteiger partial charge in [0.15, 0.2) is 0 Å². The molecule has 2 nitrogen and oxygen atoms in total. The third-order valence-electron chi connectivity index (χ3n) is 2.25. The molecule has 0 spiro atoms. The summed E-state index contributed by atoms with van der Waals surface area (Å²) in [5.74, 6) is 0. The molecule has 62 valence electrons. The number of rotatable bonds is 2. The number of aromatic nitrogens is 1. The maximum absolute atomic E-state index is 3.15. The summed E-state index contributed by atoms with van der Waals surface area (Å²) < 4.78 is 2.21. The Morgan fingerprint density at radius 1 is 1.45 bits per heavy atom. The third kappa shape index (κ3) is 1.46. The molecule has 0 saturated heterocycles. The Bertz CT molecular complexity index is 248. The summed E-state index contributed by atoms with van der Waals surface area (Å²) in [5, 5.41) is 3.15. The lowest BCUT2D eigenvalue weighted by molar-refractivity contribution is 0.789. The van der Waals surface area contributed by atoms with Crippen LogP contribution in [0.5, 0.6) is 0 Å². The van der Waals surface area contributed by atoms with Crippen molar-refractivity contribution in [3.8, 4) is 0 Å². The zero-order valence-corrected chi connectivity index (χ0v) is 7.73. The first-order chi connectivity index (χ1) is 5.16. The van der Waals surface area contributed by atoms with Crippen molar-refractivity contribution in [1.29, 1.82) is 0 Å². The van der Waals surface area contributed by atoms with Gasteiger partial charge < -0.3 is 9.88 Å². The van der Waals surface area contributed by atoms with Gasteiger partial charge in [-0.15, -0.1) is 0 Å². The second kappa shape index (κ2) is 3.09. The second-order valence-electron chi connectivity index (χ2n) is 2.99. The number of hydrogen-bond donors (Lipinski definition) is 1. The van der Waals surface area contributed by atoms with E-state index < -0.39 is 0 Å². The Morgan fingerprint density at radius 2 is 2.09 bits per heavy atom. The molecule has 1 aromatic heterocycles. The number of nitrogens with one attached hydrogen (secondary N) is 1. The van der Waals surface area contributed by atoms with Crippen LogP contribution in [0.2, 0.25) is 0 Å². The Morgan fingerprint density at radius 3 is 2.45 bits per heavy atom. The standard InChI is InChI=1S/C9H16N2/c1-7-5-9(6-10-3)8(2)11(7)4/h5,10H,6H2,1-4H3. The highest BCUT2D eigenvalue weighted by molar-refractivity contribution is 5.25. The van der Waals surface area contributed by atoms with E-state index in [0.29, 0.717) is 0 Å². The molecule has 0 bridgehead atoms. The molecule has 11 heavy (non-hydrogen) atoms. The van der Waals surface area contributed by atoms with Crippen molar-refractivity contribution < 1.29 is 0 Å². The largest absolute Gasteiger partial charge is 0.352 e. The van der Waals surface area contributed by atoms with Crippen LogP contribution in [0, 0.1) is 13.8 Å². The minimum atomic E-state index is 0.966. The van der Waals surface area contributed by atoms with E-state index in [1.165, 1.54) is 17.0 Å². The average Bonchev–Trinajstić information content (AvgIpc) is 2.19. The molecule has 0 aliphatic carbocycles. The zero-order valence-electron chi connectivity index (χ0n) is 7.73. The van der Waals surface area contributed by atoms with Crippen molar-refractivity contribution in [2.24, 2.45) is 7.05 Å². The van der Waals surface area contributed by atoms with E-state index in [-0.39, 0.29) is 0 Å². The highest BCUT2D eigenvalue weighted by Crippen LogP contribution is 2.12. The first-order valence-corrected chi connectivity index (χ1v) is 3.93. The number of nitrogens with zero attached hydrogens (tertiary/aromatic N) is 1. The topological polar surface area (TPSA) is 17.0 Å². The maximum Gasteiger partial charge on any atom is 0.0220 e. The predicted octanol–water partition coefficient (Wildman–Crippen LogP) is 1.36. The SMILES string of the molecule is CNCc1cc(C)n(C)c1C. The quantitative estimate of drug-likeness (QED) is 0.677. The van der Waals surface area contributed by atoms with Crippen LogP contribution < -0.4 is 5.32 Å². The van der Waals surface area contributed by atoms with Crippen molar-refractivity contribution >= 4 is 0 Å². The van der Waals surface area contributed by atoms with Gasteiger partial charge in [0.1, 0.15) is 0 Å². The van der Waals surface area contributed by atoms with Crippen LogP contribution >= 0.6 is 0 Å². The first-order valence-electron chi connectivity index (χ1n) is 3.93. The van der Waals surface area contributed by atoms with Gasteiger partial charge in [-0.1, -0.05) is 0 Å². The lowest BCUT2D eigenvalue weighted by atomic mass is 10.2. The van der Waals surface area contributed by atoms with Crippen molar-refractivity contribution in [1.82, 2.24) is 9.88 Å². The third-order valence-corrected chi connectivity index (χ3v) is 2.25. The van der Waals surface area contributed by atoms with E-state index in [1.54, 1.807) is 0 Å². The normalized spacial score (nSPS) is 10.5. The van der Waals surface area contributed by atoms with E-state index in [0.717, 1.165) is 6.54 Å². The van der Waals surface area contributed by atoms with Crippen LogP contribution in [0.4, 0.5) is 0 Å². The molecule has 0 radical (unpaired) electrons. The molecule has 0 aliphatic rings. The highest BCUT2D eigenvalue weighted by Gasteiger charge is 2.03. The monoisotopic (exact) mass is 152 g/mol. The molecule has 0 aromatic carbocycles. The van der Waals surface area contributed by atoms with Crippen molar-refractivity contribution in [2.75, 3.05) is 7.05 Å². The molecule has 1 heterocycles. The van der Waals surface area contributed by atoms with E-state index in [1.807, 2.05) is 7.05 Å². The van der Waals surface area contributed by atoms with Crippen LogP contribution in [0.15, 0.2) is 6.07 Å². The highest BCUT2D eigenvalue weighted by atomic mass is 15.0. The van der Waals surface area contributed by atoms with E-state index >= 15 is 0 Å². The fourth-order valence-electron chi connectivity index (χ4n) is 1.30. The molecule has 0 aliphatic heterocycles. The Kier molecular flexibility index (Phi) is 2.35. The smallest absolute Gasteiger partial charge is 0.0220 e. The lowest BCUT2D eigenvalue weighted by Crippen LogP contribution is -2.05. The van der Waals surface area contributed by atoms with E-state index in [4.69, 9.17) is 0 Å². The predicted molar refractivity (Wildman–Crippen MR) is 47.7 cm³/mol. The molecule has 1 aromatic rings. The first kappa shape index (κ1) is 8.34. The van der Waals surface area contributed by atoms with Gasteiger partial charge in [0.05, 0.1) is 0 Å². The van der Waals surface area contributed by atoms with Gasteiger partial charge in [0, 0.05) is 25.0 Å². The molecule has 0 atom stereocenters. The minimum Gasteiger partial charge on any atom is -0.352 e. The molecule has 1 N–H and O–H groups in total. The summed E-state index contributed by atoms with van der Waals surface area (Å²) >= 11 is 0. The summed E-state index contributed by atoms with van der Waals surface area (Å²) in [7, 11) is 4.08. The van der Waals surface area contributed by atoms with Crippen LogP contribution in [-0.4, -0.2) is 11.6 Å². The average molecular weight is 152 g/mol. The van der Waals surface area contributed by atoms with Gasteiger partial charge in [-0.2, -0.15) is 0 Å². The van der Waals surface area contributed by atoms with Crippen LogP contribution in [0.1, 0.15) is 17.0 Å². The summed E-state index contributed by atoms with van der Waals surface area (Å²) in [5.41, 5.74) is 4.08. The molecule has 0 amide bonds. The van der Waals surface area contributed by atoms with Crippen LogP contribution in [0.3, 0.4) is 0 Å². The minimum absolute atomic E-state index is 0.966. The zero-order chi connectivity index (χ0) is 8.43. The molecular weight excluding hydrogens is 136 g/mol. The van der Waals surface area contributed by atoms with Crippen molar-refractivity contribution in [3.05, 3.63) is 23.0 Å². The van der Waals surface area contributed by atoms with Gasteiger partial charge in [0.2, 0.25) is 0 Å². The van der Waals surface area contributed by atoms with Gasteiger partial charge in [-0.25, -0.2) is 0 Å². The molecule has 2 heteroatoms. The second-order valence-corrected chi connectivity index (χ2v) is 2.99. The molecular formula is C9H16N2. The van der Waals surface area contributed by atoms with Crippen molar-refractivity contribution in [3.63, 3.8) is 0 Å². The maximum atomic E-state index is 3.15. The Labute approximate surface area is 68.2 Å². The summed E-state index contributed by atoms with van der Waals surface area (Å²) in [6, 6.07) is 2.23. The van der Waals surface area contributed by atoms with Crippen LogP contribution in [-0.2, 0) is 13.6 Å². The summed E-state index contributed by atoms with van der Waals surface area (Å²) in [6.07, 6.45) is 0. The Hall–Kier alpha value is -0.760. The van der Waals surface area contributed by atoms with Gasteiger partial charge >= 0.3 is 0 Å². The fraction of sp³-hybridized carbons (Fsp3) is 0.556. The molecule has 1 rings (SSSR count). The lowest BCUT2D eigenvalue weighted by Gasteiger charge is -2.00. The molecule has 0 fully saturated rings. The Balaban J connectivity index is 2.98. The molecule has 0 unspecified atom stereocenters. The summed E-state index contributed by atoms with van der Waals surface area (Å²) in [6.45, 7) is 5.25. The van der Waals surface area contributed by atoms with E-state index in [2.05, 4.69) is 36.8 Å². The summed E-state index contributed by atoms with van der Waals surface area (Å²) in [4.78, 5) is 0. The van der Waals surface area contributed by atoms with Gasteiger partial charge in [0.25, 0.3) is 0 Å². The van der Waals surface area contributed by atoms with Gasteiger partial charge in [-0.3, -0.25) is 0 Å². The van der Waals surface area contributed by atoms with Crippen LogP contribution in [0.25, 0.3) is 0 Å². The van der Waals surface area contributed by atoms with Gasteiger partial charge in [-0.05, 0) is 32.5 Å². The van der Waals surface area contributed by atoms with Crippen molar-refractivity contribution in [2.45, 2.75) is 20.4 Å². The number of hydrogen-bond acceptors (Lipinski definition) is 1.